The van der Waals surface area contributed by atoms with Crippen molar-refractivity contribution in [3.05, 3.63) is 0 Å². The van der Waals surface area contributed by atoms with E-state index in [1.54, 1.807) is 0 Å². The lowest BCUT2D eigenvalue weighted by molar-refractivity contribution is 0.513. The largest absolute Gasteiger partial charge is 0.425 e. The number of rotatable bonds is 1. The van der Waals surface area contributed by atoms with E-state index in [0.29, 0.717) is 0 Å². The molecule has 0 spiro atoms. The first-order chi connectivity index (χ1) is 3.13. The normalized spacial score (nSPS) is 7.57. The van der Waals surface area contributed by atoms with Crippen LogP contribution >= 0.6 is 32.7 Å². The predicted octanol–water partition coefficient (Wildman–Crippen LogP) is 0.879. The summed E-state index contributed by atoms with van der Waals surface area (Å²) < 4.78 is 19.2. The fourth-order valence-electron chi connectivity index (χ4n) is 0.0781. The van der Waals surface area contributed by atoms with Gasteiger partial charge in [-0.05, 0) is 0 Å². The Morgan fingerprint density at radius 2 is 2.14 bits per heavy atom. The van der Waals surface area contributed by atoms with Crippen LogP contribution in [0.2, 0.25) is 0 Å². The van der Waals surface area contributed by atoms with Crippen LogP contribution in [0.25, 0.3) is 0 Å². The van der Waals surface area contributed by atoms with Gasteiger partial charge in [0.2, 0.25) is 0 Å². The second-order valence-corrected chi connectivity index (χ2v) is 2.57. The lowest BCUT2D eigenvalue weighted by Gasteiger charge is -1.81. The van der Waals surface area contributed by atoms with Gasteiger partial charge in [0.05, 0.1) is 0 Å². The van der Waals surface area contributed by atoms with Crippen molar-refractivity contribution in [1.29, 1.82) is 0 Å². The Morgan fingerprint density at radius 3 is 2.14 bits per heavy atom. The molecule has 0 saturated heterocycles. The summed E-state index contributed by atoms with van der Waals surface area (Å²) >= 11 is 7.72. The van der Waals surface area contributed by atoms with E-state index in [2.05, 4.69) is 24.8 Å². The molecule has 0 aromatic rings. The van der Waals surface area contributed by atoms with Gasteiger partial charge in [0, 0.05) is 0 Å². The van der Waals surface area contributed by atoms with Gasteiger partial charge in [-0.15, -0.1) is 12.6 Å². The lowest BCUT2D eigenvalue weighted by Crippen LogP contribution is -2.00. The van der Waals surface area contributed by atoms with Gasteiger partial charge in [0.25, 0.3) is 0 Å². The Bertz CT molecular complexity index is 133. The highest BCUT2D eigenvalue weighted by atomic mass is 32.1. The van der Waals surface area contributed by atoms with Crippen LogP contribution in [0.3, 0.4) is 0 Å². The van der Waals surface area contributed by atoms with Gasteiger partial charge < -0.3 is 0 Å². The van der Waals surface area contributed by atoms with E-state index >= 15 is 0 Å². The first-order valence-electron chi connectivity index (χ1n) is 1.27. The van der Waals surface area contributed by atoms with Crippen molar-refractivity contribution in [3.63, 3.8) is 0 Å². The molecule has 0 aliphatic heterocycles. The Hall–Kier alpha value is 0.140. The maximum Gasteiger partial charge on any atom is 0.425 e. The molecule has 0 aliphatic rings. The SMILES string of the molecule is O=P(=O)NC(=S)S. The van der Waals surface area contributed by atoms with Crippen LogP contribution in [-0.4, -0.2) is 4.32 Å². The van der Waals surface area contributed by atoms with E-state index in [-0.39, 0.29) is 4.32 Å². The van der Waals surface area contributed by atoms with E-state index < -0.39 is 7.83 Å². The van der Waals surface area contributed by atoms with Gasteiger partial charge >= 0.3 is 7.83 Å². The first-order valence-corrected chi connectivity index (χ1v) is 3.30. The summed E-state index contributed by atoms with van der Waals surface area (Å²) in [5.41, 5.74) is 0. The van der Waals surface area contributed by atoms with Crippen LogP contribution < -0.4 is 5.09 Å². The minimum Gasteiger partial charge on any atom is -0.265 e. The molecule has 0 aliphatic carbocycles. The molecule has 3 nitrogen and oxygen atoms in total. The second kappa shape index (κ2) is 3.18. The monoisotopic (exact) mass is 155 g/mol. The molecule has 40 valence electrons. The van der Waals surface area contributed by atoms with E-state index in [0.717, 1.165) is 0 Å². The molecule has 1 N–H and O–H groups in total. The number of hydrogen-bond acceptors (Lipinski definition) is 3. The Labute approximate surface area is 51.8 Å². The second-order valence-electron chi connectivity index (χ2n) is 0.674. The van der Waals surface area contributed by atoms with Gasteiger partial charge in [-0.25, -0.2) is 9.13 Å². The number of hydrogen-bond donors (Lipinski definition) is 2. The zero-order valence-corrected chi connectivity index (χ0v) is 5.72. The smallest absolute Gasteiger partial charge is 0.265 e. The van der Waals surface area contributed by atoms with Crippen molar-refractivity contribution in [2.75, 3.05) is 0 Å². The molecule has 0 amide bonds. The molecule has 0 atom stereocenters. The summed E-state index contributed by atoms with van der Waals surface area (Å²) in [5, 5.41) is 1.85. The van der Waals surface area contributed by atoms with Crippen molar-refractivity contribution >= 4 is 37.0 Å². The highest BCUT2D eigenvalue weighted by Crippen LogP contribution is 1.94. The molecule has 0 radical (unpaired) electrons. The summed E-state index contributed by atoms with van der Waals surface area (Å²) in [7, 11) is -2.61. The van der Waals surface area contributed by atoms with Crippen LogP contribution in [0.5, 0.6) is 0 Å². The highest BCUT2D eigenvalue weighted by Gasteiger charge is 1.86. The van der Waals surface area contributed by atoms with Crippen LogP contribution in [0, 0.1) is 0 Å². The molecule has 0 heterocycles. The van der Waals surface area contributed by atoms with Crippen LogP contribution in [0.1, 0.15) is 0 Å². The summed E-state index contributed by atoms with van der Waals surface area (Å²) in [6.07, 6.45) is 0. The molecule has 7 heavy (non-hydrogen) atoms. The van der Waals surface area contributed by atoms with Crippen LogP contribution in [0.15, 0.2) is 0 Å². The van der Waals surface area contributed by atoms with Gasteiger partial charge in [-0.2, -0.15) is 0 Å². The third-order valence-corrected chi connectivity index (χ3v) is 1.13. The molecule has 0 unspecified atom stereocenters. The minimum absolute atomic E-state index is 0.0314. The molecule has 0 rings (SSSR count). The van der Waals surface area contributed by atoms with Crippen molar-refractivity contribution in [2.24, 2.45) is 0 Å². The van der Waals surface area contributed by atoms with Crippen molar-refractivity contribution in [2.45, 2.75) is 0 Å². The Morgan fingerprint density at radius 1 is 1.71 bits per heavy atom. The maximum absolute atomic E-state index is 9.60. The molecular formula is CH2NO2PS2. The van der Waals surface area contributed by atoms with Crippen LogP contribution in [0.4, 0.5) is 0 Å². The molecule has 0 aromatic heterocycles. The fraction of sp³-hybridized carbons (Fsp3) is 0. The van der Waals surface area contributed by atoms with E-state index in [4.69, 9.17) is 0 Å². The van der Waals surface area contributed by atoms with Crippen molar-refractivity contribution in [1.82, 2.24) is 5.09 Å². The average Bonchev–Trinajstić information content (AvgIpc) is 1.27. The zero-order chi connectivity index (χ0) is 5.86. The van der Waals surface area contributed by atoms with Gasteiger partial charge in [0.15, 0.2) is 0 Å². The predicted molar refractivity (Wildman–Crippen MR) is 33.0 cm³/mol. The molecule has 0 fully saturated rings. The number of thiocarbonyl (C=S) groups is 1. The minimum atomic E-state index is -2.61. The van der Waals surface area contributed by atoms with Gasteiger partial charge in [-0.3, -0.25) is 5.09 Å². The summed E-state index contributed by atoms with van der Waals surface area (Å²) in [5.74, 6) is 0. The molecule has 0 saturated carbocycles. The molecule has 6 heteroatoms. The maximum atomic E-state index is 9.60. The van der Waals surface area contributed by atoms with Gasteiger partial charge in [0.1, 0.15) is 4.32 Å². The first kappa shape index (κ1) is 7.14. The zero-order valence-electron chi connectivity index (χ0n) is 3.12. The summed E-state index contributed by atoms with van der Waals surface area (Å²) in [6, 6.07) is 0. The van der Waals surface area contributed by atoms with Crippen molar-refractivity contribution < 1.29 is 9.13 Å². The summed E-state index contributed by atoms with van der Waals surface area (Å²) in [4.78, 5) is 0. The van der Waals surface area contributed by atoms with Crippen LogP contribution in [-0.2, 0) is 9.13 Å². The molecule has 0 bridgehead atoms. The molecule has 0 aromatic carbocycles. The Kier molecular flexibility index (Phi) is 3.25. The van der Waals surface area contributed by atoms with E-state index in [1.807, 2.05) is 5.09 Å². The van der Waals surface area contributed by atoms with E-state index in [9.17, 15) is 9.13 Å². The Balaban J connectivity index is 3.53. The topological polar surface area (TPSA) is 46.2 Å². The number of nitrogens with one attached hydrogen (secondary N) is 1. The highest BCUT2D eigenvalue weighted by molar-refractivity contribution is 8.11. The van der Waals surface area contributed by atoms with Gasteiger partial charge in [-0.1, -0.05) is 12.2 Å². The third kappa shape index (κ3) is 6.14. The van der Waals surface area contributed by atoms with E-state index in [1.165, 1.54) is 0 Å². The molecular weight excluding hydrogens is 153 g/mol. The number of thiol groups is 1. The third-order valence-electron chi connectivity index (χ3n) is 0.187. The summed E-state index contributed by atoms with van der Waals surface area (Å²) in [6.45, 7) is 0. The quantitative estimate of drug-likeness (QED) is 0.335. The standard InChI is InChI=1S/CH2NO2PS2/c3-5(4)2-1(6)7/h(H2,2,3,4,6,7). The van der Waals surface area contributed by atoms with Crippen molar-refractivity contribution in [3.8, 4) is 0 Å². The fourth-order valence-corrected chi connectivity index (χ4v) is 0.703. The average molecular weight is 155 g/mol. The lowest BCUT2D eigenvalue weighted by atomic mass is 11.5.